The van der Waals surface area contributed by atoms with Gasteiger partial charge in [0.25, 0.3) is 0 Å². The SMILES string of the molecule is C=CC(=O)OC(C)C(C)COC(=O)C(=C)C. The molecule has 0 aromatic carbocycles. The lowest BCUT2D eigenvalue weighted by Gasteiger charge is -2.19. The topological polar surface area (TPSA) is 52.6 Å². The van der Waals surface area contributed by atoms with Gasteiger partial charge in [0.1, 0.15) is 6.10 Å². The van der Waals surface area contributed by atoms with E-state index in [1.165, 1.54) is 0 Å². The van der Waals surface area contributed by atoms with E-state index in [2.05, 4.69) is 13.2 Å². The molecule has 2 atom stereocenters. The lowest BCUT2D eigenvalue weighted by molar-refractivity contribution is -0.148. The van der Waals surface area contributed by atoms with Crippen LogP contribution in [0.1, 0.15) is 20.8 Å². The lowest BCUT2D eigenvalue weighted by Crippen LogP contribution is -2.26. The molecule has 0 N–H and O–H groups in total. The maximum Gasteiger partial charge on any atom is 0.333 e. The summed E-state index contributed by atoms with van der Waals surface area (Å²) in [6, 6.07) is 0. The molecule has 0 spiro atoms. The summed E-state index contributed by atoms with van der Waals surface area (Å²) in [7, 11) is 0. The van der Waals surface area contributed by atoms with Crippen LogP contribution in [0.2, 0.25) is 0 Å². The molecule has 0 saturated carbocycles. The molecule has 16 heavy (non-hydrogen) atoms. The van der Waals surface area contributed by atoms with E-state index < -0.39 is 11.9 Å². The number of carbonyl (C=O) groups is 2. The first-order valence-electron chi connectivity index (χ1n) is 5.04. The summed E-state index contributed by atoms with van der Waals surface area (Å²) in [5.74, 6) is -0.994. The van der Waals surface area contributed by atoms with Gasteiger partial charge in [0.2, 0.25) is 0 Å². The summed E-state index contributed by atoms with van der Waals surface area (Å²) in [4.78, 5) is 22.0. The third-order valence-corrected chi connectivity index (χ3v) is 2.10. The van der Waals surface area contributed by atoms with Crippen LogP contribution in [0, 0.1) is 5.92 Å². The van der Waals surface area contributed by atoms with E-state index in [4.69, 9.17) is 9.47 Å². The minimum Gasteiger partial charge on any atom is -0.462 e. The molecular weight excluding hydrogens is 208 g/mol. The average Bonchev–Trinajstić information content (AvgIpc) is 2.24. The van der Waals surface area contributed by atoms with Gasteiger partial charge in [-0.2, -0.15) is 0 Å². The maximum atomic E-state index is 11.1. The molecule has 0 aromatic heterocycles. The van der Waals surface area contributed by atoms with Gasteiger partial charge in [0.15, 0.2) is 0 Å². The van der Waals surface area contributed by atoms with Gasteiger partial charge in [-0.3, -0.25) is 0 Å². The van der Waals surface area contributed by atoms with Gasteiger partial charge < -0.3 is 9.47 Å². The first-order chi connectivity index (χ1) is 7.38. The molecule has 0 radical (unpaired) electrons. The number of rotatable bonds is 6. The summed E-state index contributed by atoms with van der Waals surface area (Å²) < 4.78 is 9.93. The summed E-state index contributed by atoms with van der Waals surface area (Å²) in [5, 5.41) is 0. The molecule has 0 aliphatic rings. The predicted octanol–water partition coefficient (Wildman–Crippen LogP) is 1.86. The normalized spacial score (nSPS) is 13.4. The molecule has 0 aliphatic carbocycles. The summed E-state index contributed by atoms with van der Waals surface area (Å²) in [6.07, 6.45) is 0.770. The fourth-order valence-electron chi connectivity index (χ4n) is 0.813. The monoisotopic (exact) mass is 226 g/mol. The molecular formula is C12H18O4. The first-order valence-corrected chi connectivity index (χ1v) is 5.04. The first kappa shape index (κ1) is 14.4. The maximum absolute atomic E-state index is 11.1. The van der Waals surface area contributed by atoms with Crippen LogP contribution in [0.15, 0.2) is 24.8 Å². The number of carbonyl (C=O) groups excluding carboxylic acids is 2. The molecule has 4 nitrogen and oxygen atoms in total. The highest BCUT2D eigenvalue weighted by Gasteiger charge is 2.17. The highest BCUT2D eigenvalue weighted by molar-refractivity contribution is 5.86. The molecule has 0 heterocycles. The fourth-order valence-corrected chi connectivity index (χ4v) is 0.813. The van der Waals surface area contributed by atoms with Crippen molar-refractivity contribution < 1.29 is 19.1 Å². The fraction of sp³-hybridized carbons (Fsp3) is 0.500. The Labute approximate surface area is 95.9 Å². The van der Waals surface area contributed by atoms with Gasteiger partial charge >= 0.3 is 11.9 Å². The Balaban J connectivity index is 4.01. The van der Waals surface area contributed by atoms with Crippen molar-refractivity contribution in [1.82, 2.24) is 0 Å². The van der Waals surface area contributed by atoms with Crippen LogP contribution in [0.25, 0.3) is 0 Å². The second kappa shape index (κ2) is 6.82. The van der Waals surface area contributed by atoms with Crippen LogP contribution < -0.4 is 0 Å². The molecule has 0 rings (SSSR count). The highest BCUT2D eigenvalue weighted by atomic mass is 16.6. The minimum absolute atomic E-state index is 0.0767. The van der Waals surface area contributed by atoms with Crippen molar-refractivity contribution in [2.45, 2.75) is 26.9 Å². The zero-order chi connectivity index (χ0) is 12.7. The van der Waals surface area contributed by atoms with E-state index >= 15 is 0 Å². The highest BCUT2D eigenvalue weighted by Crippen LogP contribution is 2.09. The average molecular weight is 226 g/mol. The van der Waals surface area contributed by atoms with Gasteiger partial charge in [-0.05, 0) is 13.8 Å². The van der Waals surface area contributed by atoms with Gasteiger partial charge in [-0.1, -0.05) is 20.1 Å². The van der Waals surface area contributed by atoms with E-state index in [0.29, 0.717) is 5.57 Å². The summed E-state index contributed by atoms with van der Waals surface area (Å²) in [5.41, 5.74) is 0.350. The zero-order valence-corrected chi connectivity index (χ0v) is 9.99. The third kappa shape index (κ3) is 5.34. The molecule has 0 fully saturated rings. The van der Waals surface area contributed by atoms with Crippen LogP contribution in [0.5, 0.6) is 0 Å². The van der Waals surface area contributed by atoms with Crippen molar-refractivity contribution >= 4 is 11.9 Å². The Bertz CT molecular complexity index is 293. The van der Waals surface area contributed by atoms with Crippen LogP contribution in [-0.4, -0.2) is 24.6 Å². The van der Waals surface area contributed by atoms with Crippen LogP contribution in [0.4, 0.5) is 0 Å². The minimum atomic E-state index is -0.481. The standard InChI is InChI=1S/C12H18O4/c1-6-11(13)16-10(5)9(4)7-15-12(14)8(2)3/h6,9-10H,1-2,7H2,3-5H3. The van der Waals surface area contributed by atoms with Gasteiger partial charge in [0.05, 0.1) is 6.61 Å². The van der Waals surface area contributed by atoms with Crippen molar-refractivity contribution in [3.05, 3.63) is 24.8 Å². The molecule has 0 amide bonds. The van der Waals surface area contributed by atoms with Crippen molar-refractivity contribution in [3.63, 3.8) is 0 Å². The Morgan fingerprint density at radius 1 is 1.38 bits per heavy atom. The molecule has 0 bridgehead atoms. The van der Waals surface area contributed by atoms with E-state index in [1.807, 2.05) is 6.92 Å². The molecule has 4 heteroatoms. The summed E-state index contributed by atoms with van der Waals surface area (Å²) in [6.45, 7) is 12.1. The molecule has 0 saturated heterocycles. The van der Waals surface area contributed by atoms with E-state index in [-0.39, 0.29) is 18.6 Å². The quantitative estimate of drug-likeness (QED) is 0.512. The predicted molar refractivity (Wildman–Crippen MR) is 60.7 cm³/mol. The number of hydrogen-bond acceptors (Lipinski definition) is 4. The molecule has 0 aliphatic heterocycles. The number of esters is 2. The van der Waals surface area contributed by atoms with Gasteiger partial charge in [-0.25, -0.2) is 9.59 Å². The van der Waals surface area contributed by atoms with Gasteiger partial charge in [0, 0.05) is 17.6 Å². The molecule has 0 aromatic rings. The molecule has 90 valence electrons. The Morgan fingerprint density at radius 2 is 1.94 bits per heavy atom. The van der Waals surface area contributed by atoms with Crippen molar-refractivity contribution in [1.29, 1.82) is 0 Å². The largest absolute Gasteiger partial charge is 0.462 e. The number of hydrogen-bond donors (Lipinski definition) is 0. The Morgan fingerprint density at radius 3 is 2.38 bits per heavy atom. The van der Waals surface area contributed by atoms with Crippen molar-refractivity contribution in [2.24, 2.45) is 5.92 Å². The second-order valence-electron chi connectivity index (χ2n) is 3.70. The second-order valence-corrected chi connectivity index (χ2v) is 3.70. The van der Waals surface area contributed by atoms with Crippen LogP contribution in [-0.2, 0) is 19.1 Å². The smallest absolute Gasteiger partial charge is 0.333 e. The summed E-state index contributed by atoms with van der Waals surface area (Å²) >= 11 is 0. The van der Waals surface area contributed by atoms with E-state index in [0.717, 1.165) is 6.08 Å². The van der Waals surface area contributed by atoms with Crippen LogP contribution >= 0.6 is 0 Å². The van der Waals surface area contributed by atoms with E-state index in [9.17, 15) is 9.59 Å². The van der Waals surface area contributed by atoms with E-state index in [1.54, 1.807) is 13.8 Å². The molecule has 2 unspecified atom stereocenters. The van der Waals surface area contributed by atoms with Crippen molar-refractivity contribution in [2.75, 3.05) is 6.61 Å². The van der Waals surface area contributed by atoms with Crippen molar-refractivity contribution in [3.8, 4) is 0 Å². The Kier molecular flexibility index (Phi) is 6.15. The zero-order valence-electron chi connectivity index (χ0n) is 9.99. The Hall–Kier alpha value is -1.58. The number of ether oxygens (including phenoxy) is 2. The third-order valence-electron chi connectivity index (χ3n) is 2.10. The van der Waals surface area contributed by atoms with Gasteiger partial charge in [-0.15, -0.1) is 0 Å². The van der Waals surface area contributed by atoms with Crippen LogP contribution in [0.3, 0.4) is 0 Å². The lowest BCUT2D eigenvalue weighted by atomic mass is 10.1.